The number of phenolic OH excluding ortho intramolecular Hbond substituents is 1. The maximum atomic E-state index is 11.8. The van der Waals surface area contributed by atoms with Crippen molar-refractivity contribution in [1.82, 2.24) is 5.32 Å². The molecule has 2 aromatic rings. The Labute approximate surface area is 127 Å². The molecule has 3 N–H and O–H groups in total. The van der Waals surface area contributed by atoms with Crippen LogP contribution in [-0.4, -0.2) is 18.2 Å². The number of amides is 2. The third-order valence-electron chi connectivity index (χ3n) is 2.79. The summed E-state index contributed by atoms with van der Waals surface area (Å²) in [5.41, 5.74) is 1.16. The lowest BCUT2D eigenvalue weighted by atomic mass is 10.2. The molecule has 0 heterocycles. The maximum Gasteiger partial charge on any atom is 0.319 e. The molecule has 2 aromatic carbocycles. The Hall–Kier alpha value is -2.40. The van der Waals surface area contributed by atoms with Gasteiger partial charge in [0.2, 0.25) is 0 Å². The van der Waals surface area contributed by atoms with E-state index in [9.17, 15) is 9.90 Å². The first-order chi connectivity index (χ1) is 10.1. The van der Waals surface area contributed by atoms with Gasteiger partial charge in [0.1, 0.15) is 11.5 Å². The van der Waals surface area contributed by atoms with Gasteiger partial charge in [-0.25, -0.2) is 4.79 Å². The van der Waals surface area contributed by atoms with E-state index in [0.29, 0.717) is 11.6 Å². The molecule has 0 saturated heterocycles. The summed E-state index contributed by atoms with van der Waals surface area (Å²) in [6, 6.07) is 11.4. The molecule has 6 heteroatoms. The van der Waals surface area contributed by atoms with E-state index >= 15 is 0 Å². The van der Waals surface area contributed by atoms with Gasteiger partial charge >= 0.3 is 6.03 Å². The quantitative estimate of drug-likeness (QED) is 0.758. The van der Waals surface area contributed by atoms with Crippen molar-refractivity contribution in [2.75, 3.05) is 12.4 Å². The van der Waals surface area contributed by atoms with E-state index in [2.05, 4.69) is 10.6 Å². The van der Waals surface area contributed by atoms with Crippen molar-refractivity contribution < 1.29 is 14.6 Å². The molecule has 0 spiro atoms. The highest BCUT2D eigenvalue weighted by Gasteiger charge is 2.07. The van der Waals surface area contributed by atoms with Crippen molar-refractivity contribution >= 4 is 23.3 Å². The third-order valence-corrected chi connectivity index (χ3v) is 3.03. The van der Waals surface area contributed by atoms with Gasteiger partial charge in [-0.2, -0.15) is 0 Å². The molecule has 2 amide bonds. The third kappa shape index (κ3) is 4.29. The Morgan fingerprint density at radius 2 is 2.10 bits per heavy atom. The molecule has 0 bridgehead atoms. The van der Waals surface area contributed by atoms with Crippen LogP contribution in [0.4, 0.5) is 10.5 Å². The fourth-order valence-electron chi connectivity index (χ4n) is 1.74. The van der Waals surface area contributed by atoms with Gasteiger partial charge in [0.15, 0.2) is 0 Å². The van der Waals surface area contributed by atoms with Crippen molar-refractivity contribution in [3.8, 4) is 11.5 Å². The molecule has 110 valence electrons. The number of carbonyl (C=O) groups is 1. The standard InChI is InChI=1S/C15H15ClN2O3/c1-21-12-4-2-3-10(7-12)9-17-15(20)18-13-8-11(16)5-6-14(13)19/h2-8,19H,9H2,1H3,(H2,17,18,20). The molecule has 0 aliphatic heterocycles. The fraction of sp³-hybridized carbons (Fsp3) is 0.133. The van der Waals surface area contributed by atoms with Gasteiger partial charge in [0.25, 0.3) is 0 Å². The van der Waals surface area contributed by atoms with E-state index in [4.69, 9.17) is 16.3 Å². The Morgan fingerprint density at radius 3 is 2.86 bits per heavy atom. The van der Waals surface area contributed by atoms with Crippen molar-refractivity contribution in [1.29, 1.82) is 0 Å². The number of anilines is 1. The SMILES string of the molecule is COc1cccc(CNC(=O)Nc2cc(Cl)ccc2O)c1. The van der Waals surface area contributed by atoms with Crippen LogP contribution >= 0.6 is 11.6 Å². The van der Waals surface area contributed by atoms with Crippen LogP contribution in [0.15, 0.2) is 42.5 Å². The number of benzene rings is 2. The highest BCUT2D eigenvalue weighted by molar-refractivity contribution is 6.31. The number of rotatable bonds is 4. The smallest absolute Gasteiger partial charge is 0.319 e. The van der Waals surface area contributed by atoms with E-state index in [-0.39, 0.29) is 11.4 Å². The average molecular weight is 307 g/mol. The van der Waals surface area contributed by atoms with Crippen LogP contribution in [0.1, 0.15) is 5.56 Å². The summed E-state index contributed by atoms with van der Waals surface area (Å²) < 4.78 is 5.11. The number of nitrogens with one attached hydrogen (secondary N) is 2. The van der Waals surface area contributed by atoms with Crippen LogP contribution in [0, 0.1) is 0 Å². The molecule has 2 rings (SSSR count). The van der Waals surface area contributed by atoms with Crippen LogP contribution in [0.2, 0.25) is 5.02 Å². The van der Waals surface area contributed by atoms with Crippen LogP contribution in [0.25, 0.3) is 0 Å². The predicted octanol–water partition coefficient (Wildman–Crippen LogP) is 3.38. The van der Waals surface area contributed by atoms with Crippen molar-refractivity contribution in [2.45, 2.75) is 6.54 Å². The highest BCUT2D eigenvalue weighted by Crippen LogP contribution is 2.26. The molecule has 0 saturated carbocycles. The van der Waals surface area contributed by atoms with E-state index in [1.165, 1.54) is 18.2 Å². The Kier molecular flexibility index (Phi) is 4.90. The maximum absolute atomic E-state index is 11.8. The number of hydrogen-bond donors (Lipinski definition) is 3. The summed E-state index contributed by atoms with van der Waals surface area (Å²) in [5.74, 6) is 0.679. The summed E-state index contributed by atoms with van der Waals surface area (Å²) in [5, 5.41) is 15.3. The largest absolute Gasteiger partial charge is 0.506 e. The van der Waals surface area contributed by atoms with Gasteiger partial charge in [0, 0.05) is 11.6 Å². The second-order valence-corrected chi connectivity index (χ2v) is 4.76. The lowest BCUT2D eigenvalue weighted by Crippen LogP contribution is -2.28. The van der Waals surface area contributed by atoms with Gasteiger partial charge in [-0.3, -0.25) is 0 Å². The number of carbonyl (C=O) groups excluding carboxylic acids is 1. The summed E-state index contributed by atoms with van der Waals surface area (Å²) in [6.07, 6.45) is 0. The summed E-state index contributed by atoms with van der Waals surface area (Å²) >= 11 is 5.81. The molecule has 0 radical (unpaired) electrons. The van der Waals surface area contributed by atoms with Gasteiger partial charge in [-0.1, -0.05) is 23.7 Å². The van der Waals surface area contributed by atoms with Crippen LogP contribution in [-0.2, 0) is 6.54 Å². The second-order valence-electron chi connectivity index (χ2n) is 4.32. The molecule has 0 unspecified atom stereocenters. The van der Waals surface area contributed by atoms with E-state index in [0.717, 1.165) is 11.3 Å². The minimum absolute atomic E-state index is 0.0454. The van der Waals surface area contributed by atoms with Crippen LogP contribution < -0.4 is 15.4 Å². The molecule has 0 aliphatic carbocycles. The van der Waals surface area contributed by atoms with Crippen molar-refractivity contribution in [3.63, 3.8) is 0 Å². The Balaban J connectivity index is 1.94. The fourth-order valence-corrected chi connectivity index (χ4v) is 1.91. The lowest BCUT2D eigenvalue weighted by Gasteiger charge is -2.10. The van der Waals surface area contributed by atoms with Crippen LogP contribution in [0.3, 0.4) is 0 Å². The zero-order valence-electron chi connectivity index (χ0n) is 11.4. The van der Waals surface area contributed by atoms with Gasteiger partial charge in [0.05, 0.1) is 12.8 Å². The number of aromatic hydroxyl groups is 1. The second kappa shape index (κ2) is 6.85. The molecule has 21 heavy (non-hydrogen) atoms. The minimum Gasteiger partial charge on any atom is -0.506 e. The first kappa shape index (κ1) is 15.0. The van der Waals surface area contributed by atoms with Crippen molar-refractivity contribution in [2.24, 2.45) is 0 Å². The molecular weight excluding hydrogens is 292 g/mol. The number of phenols is 1. The highest BCUT2D eigenvalue weighted by atomic mass is 35.5. The Morgan fingerprint density at radius 1 is 1.29 bits per heavy atom. The summed E-state index contributed by atoms with van der Waals surface area (Å²) in [7, 11) is 1.58. The molecule has 5 nitrogen and oxygen atoms in total. The topological polar surface area (TPSA) is 70.6 Å². The van der Waals surface area contributed by atoms with E-state index < -0.39 is 6.03 Å². The normalized spacial score (nSPS) is 10.0. The zero-order valence-corrected chi connectivity index (χ0v) is 12.1. The number of hydrogen-bond acceptors (Lipinski definition) is 3. The van der Waals surface area contributed by atoms with E-state index in [1.807, 2.05) is 24.3 Å². The average Bonchev–Trinajstić information content (AvgIpc) is 2.49. The Bertz CT molecular complexity index is 647. The van der Waals surface area contributed by atoms with Gasteiger partial charge in [-0.15, -0.1) is 0 Å². The van der Waals surface area contributed by atoms with Gasteiger partial charge in [-0.05, 0) is 35.9 Å². The predicted molar refractivity (Wildman–Crippen MR) is 82.0 cm³/mol. The molecular formula is C15H15ClN2O3. The monoisotopic (exact) mass is 306 g/mol. The first-order valence-electron chi connectivity index (χ1n) is 6.25. The van der Waals surface area contributed by atoms with Crippen LogP contribution in [0.5, 0.6) is 11.5 Å². The summed E-state index contributed by atoms with van der Waals surface area (Å²) in [4.78, 5) is 11.8. The number of halogens is 1. The zero-order chi connectivity index (χ0) is 15.2. The van der Waals surface area contributed by atoms with E-state index in [1.54, 1.807) is 7.11 Å². The van der Waals surface area contributed by atoms with Crippen molar-refractivity contribution in [3.05, 3.63) is 53.1 Å². The number of urea groups is 1. The summed E-state index contributed by atoms with van der Waals surface area (Å²) in [6.45, 7) is 0.338. The molecule has 0 aromatic heterocycles. The lowest BCUT2D eigenvalue weighted by molar-refractivity contribution is 0.251. The molecule has 0 fully saturated rings. The molecule has 0 aliphatic rings. The molecule has 0 atom stereocenters. The number of methoxy groups -OCH3 is 1. The minimum atomic E-state index is -0.435. The number of ether oxygens (including phenoxy) is 1. The first-order valence-corrected chi connectivity index (χ1v) is 6.62. The van der Waals surface area contributed by atoms with Gasteiger partial charge < -0.3 is 20.5 Å².